The first-order chi connectivity index (χ1) is 7.72. The van der Waals surface area contributed by atoms with Crippen molar-refractivity contribution < 1.29 is 14.6 Å². The van der Waals surface area contributed by atoms with Crippen LogP contribution in [0.15, 0.2) is 5.38 Å². The Bertz CT molecular complexity index is 328. The maximum atomic E-state index is 10.4. The third-order valence-electron chi connectivity index (χ3n) is 1.95. The summed E-state index contributed by atoms with van der Waals surface area (Å²) in [6, 6.07) is 0. The number of aromatic nitrogens is 1. The molecule has 90 valence electrons. The minimum atomic E-state index is -0.784. The zero-order valence-electron chi connectivity index (χ0n) is 9.23. The number of rotatable bonds is 8. The van der Waals surface area contributed by atoms with Gasteiger partial charge in [0, 0.05) is 32.0 Å². The largest absolute Gasteiger partial charge is 0.481 e. The molecule has 5 nitrogen and oxygen atoms in total. The molecule has 0 saturated carbocycles. The number of ether oxygens (including phenoxy) is 1. The molecule has 0 aromatic carbocycles. The minimum absolute atomic E-state index is 0.139. The number of carboxylic acid groups (broad SMARTS) is 1. The summed E-state index contributed by atoms with van der Waals surface area (Å²) in [6.45, 7) is 2.18. The van der Waals surface area contributed by atoms with Gasteiger partial charge in [-0.05, 0) is 0 Å². The Morgan fingerprint density at radius 3 is 3.19 bits per heavy atom. The van der Waals surface area contributed by atoms with E-state index in [1.807, 2.05) is 5.38 Å². The van der Waals surface area contributed by atoms with Crippen LogP contribution in [0.3, 0.4) is 0 Å². The third kappa shape index (κ3) is 5.20. The molecule has 0 aliphatic heterocycles. The highest BCUT2D eigenvalue weighted by Gasteiger charge is 2.04. The predicted octanol–water partition coefficient (Wildman–Crippen LogP) is 0.896. The first kappa shape index (κ1) is 13.1. The maximum absolute atomic E-state index is 10.4. The molecule has 1 aromatic rings. The summed E-state index contributed by atoms with van der Waals surface area (Å²) in [6.07, 6.45) is 0.643. The van der Waals surface area contributed by atoms with Crippen LogP contribution in [0.4, 0.5) is 0 Å². The van der Waals surface area contributed by atoms with E-state index < -0.39 is 5.97 Å². The van der Waals surface area contributed by atoms with Crippen LogP contribution < -0.4 is 5.32 Å². The van der Waals surface area contributed by atoms with Crippen molar-refractivity contribution in [3.63, 3.8) is 0 Å². The van der Waals surface area contributed by atoms with Crippen LogP contribution in [0.1, 0.15) is 17.1 Å². The van der Waals surface area contributed by atoms with Crippen LogP contribution in [0.5, 0.6) is 0 Å². The van der Waals surface area contributed by atoms with E-state index in [1.54, 1.807) is 18.4 Å². The summed E-state index contributed by atoms with van der Waals surface area (Å²) in [5, 5.41) is 14.6. The van der Waals surface area contributed by atoms with E-state index in [1.165, 1.54) is 0 Å². The molecule has 0 unspecified atom stereocenters. The molecule has 0 aliphatic carbocycles. The minimum Gasteiger partial charge on any atom is -0.481 e. The quantitative estimate of drug-likeness (QED) is 0.665. The van der Waals surface area contributed by atoms with Crippen molar-refractivity contribution in [3.05, 3.63) is 16.1 Å². The molecule has 1 heterocycles. The van der Waals surface area contributed by atoms with E-state index in [4.69, 9.17) is 9.84 Å². The molecule has 16 heavy (non-hydrogen) atoms. The van der Waals surface area contributed by atoms with Crippen molar-refractivity contribution in [2.45, 2.75) is 19.4 Å². The Balaban J connectivity index is 2.25. The summed E-state index contributed by atoms with van der Waals surface area (Å²) in [5.41, 5.74) is 0.857. The number of nitrogens with one attached hydrogen (secondary N) is 1. The monoisotopic (exact) mass is 244 g/mol. The first-order valence-corrected chi connectivity index (χ1v) is 5.95. The van der Waals surface area contributed by atoms with E-state index in [9.17, 15) is 4.79 Å². The second kappa shape index (κ2) is 7.32. The second-order valence-corrected chi connectivity index (χ2v) is 4.24. The lowest BCUT2D eigenvalue weighted by atomic mass is 10.2. The molecule has 0 saturated heterocycles. The number of nitrogens with zero attached hydrogens (tertiary/aromatic N) is 1. The molecule has 2 N–H and O–H groups in total. The Hall–Kier alpha value is -0.980. The lowest BCUT2D eigenvalue weighted by molar-refractivity contribution is -0.136. The molecular weight excluding hydrogens is 228 g/mol. The molecular formula is C10H16N2O3S. The van der Waals surface area contributed by atoms with Gasteiger partial charge in [-0.15, -0.1) is 11.3 Å². The Morgan fingerprint density at radius 2 is 2.50 bits per heavy atom. The van der Waals surface area contributed by atoms with Crippen LogP contribution in [0.2, 0.25) is 0 Å². The zero-order chi connectivity index (χ0) is 11.8. The summed E-state index contributed by atoms with van der Waals surface area (Å²) >= 11 is 1.55. The van der Waals surface area contributed by atoms with Gasteiger partial charge in [-0.25, -0.2) is 4.98 Å². The van der Waals surface area contributed by atoms with Gasteiger partial charge in [0.25, 0.3) is 0 Å². The van der Waals surface area contributed by atoms with Crippen LogP contribution in [0.25, 0.3) is 0 Å². The van der Waals surface area contributed by atoms with Gasteiger partial charge < -0.3 is 15.2 Å². The number of methoxy groups -OCH3 is 1. The first-order valence-electron chi connectivity index (χ1n) is 5.07. The molecule has 0 aliphatic rings. The van der Waals surface area contributed by atoms with E-state index in [0.29, 0.717) is 19.6 Å². The Kier molecular flexibility index (Phi) is 5.99. The summed E-state index contributed by atoms with van der Waals surface area (Å²) < 4.78 is 4.91. The number of thiazole rings is 1. The topological polar surface area (TPSA) is 71.5 Å². The van der Waals surface area contributed by atoms with Crippen LogP contribution >= 0.6 is 11.3 Å². The maximum Gasteiger partial charge on any atom is 0.303 e. The molecule has 1 rings (SSSR count). The van der Waals surface area contributed by atoms with Crippen molar-refractivity contribution in [2.75, 3.05) is 20.3 Å². The van der Waals surface area contributed by atoms with Gasteiger partial charge >= 0.3 is 5.97 Å². The molecule has 1 aromatic heterocycles. The summed E-state index contributed by atoms with van der Waals surface area (Å²) in [4.78, 5) is 14.7. The summed E-state index contributed by atoms with van der Waals surface area (Å²) in [5.74, 6) is -0.784. The standard InChI is InChI=1S/C10H16N2O3S/c1-15-5-4-11-6-9-12-8(7-16-9)2-3-10(13)14/h7,11H,2-6H2,1H3,(H,13,14). The normalized spacial score (nSPS) is 10.6. The van der Waals surface area contributed by atoms with E-state index >= 15 is 0 Å². The highest BCUT2D eigenvalue weighted by atomic mass is 32.1. The smallest absolute Gasteiger partial charge is 0.303 e. The highest BCUT2D eigenvalue weighted by molar-refractivity contribution is 7.09. The molecule has 0 atom stereocenters. The number of hydrogen-bond donors (Lipinski definition) is 2. The SMILES string of the molecule is COCCNCc1nc(CCC(=O)O)cs1. The number of carboxylic acids is 1. The Labute approximate surface area is 98.5 Å². The number of aliphatic carboxylic acids is 1. The average Bonchev–Trinajstić information content (AvgIpc) is 2.70. The number of carbonyl (C=O) groups is 1. The second-order valence-electron chi connectivity index (χ2n) is 3.30. The predicted molar refractivity (Wildman–Crippen MR) is 61.7 cm³/mol. The molecule has 0 radical (unpaired) electrons. The number of hydrogen-bond acceptors (Lipinski definition) is 5. The van der Waals surface area contributed by atoms with E-state index in [-0.39, 0.29) is 6.42 Å². The fourth-order valence-corrected chi connectivity index (χ4v) is 1.95. The van der Waals surface area contributed by atoms with Gasteiger partial charge in [-0.1, -0.05) is 0 Å². The third-order valence-corrected chi connectivity index (χ3v) is 2.85. The van der Waals surface area contributed by atoms with Crippen LogP contribution in [0, 0.1) is 0 Å². The van der Waals surface area contributed by atoms with Gasteiger partial charge in [0.2, 0.25) is 0 Å². The Morgan fingerprint density at radius 1 is 1.69 bits per heavy atom. The van der Waals surface area contributed by atoms with Gasteiger partial charge in [0.05, 0.1) is 18.7 Å². The van der Waals surface area contributed by atoms with Crippen molar-refractivity contribution >= 4 is 17.3 Å². The number of aryl methyl sites for hydroxylation is 1. The molecule has 0 spiro atoms. The molecule has 0 amide bonds. The van der Waals surface area contributed by atoms with Crippen LogP contribution in [-0.2, 0) is 22.5 Å². The van der Waals surface area contributed by atoms with Crippen LogP contribution in [-0.4, -0.2) is 36.3 Å². The lowest BCUT2D eigenvalue weighted by Gasteiger charge is -2.00. The average molecular weight is 244 g/mol. The lowest BCUT2D eigenvalue weighted by Crippen LogP contribution is -2.18. The van der Waals surface area contributed by atoms with Crippen molar-refractivity contribution in [3.8, 4) is 0 Å². The summed E-state index contributed by atoms with van der Waals surface area (Å²) in [7, 11) is 1.66. The fraction of sp³-hybridized carbons (Fsp3) is 0.600. The highest BCUT2D eigenvalue weighted by Crippen LogP contribution is 2.11. The van der Waals surface area contributed by atoms with Gasteiger partial charge in [-0.2, -0.15) is 0 Å². The molecule has 0 bridgehead atoms. The van der Waals surface area contributed by atoms with Crippen molar-refractivity contribution in [1.29, 1.82) is 0 Å². The zero-order valence-corrected chi connectivity index (χ0v) is 10.0. The molecule has 6 heteroatoms. The van der Waals surface area contributed by atoms with Gasteiger partial charge in [-0.3, -0.25) is 4.79 Å². The van der Waals surface area contributed by atoms with Gasteiger partial charge in [0.15, 0.2) is 0 Å². The van der Waals surface area contributed by atoms with Crippen molar-refractivity contribution in [1.82, 2.24) is 10.3 Å². The van der Waals surface area contributed by atoms with E-state index in [0.717, 1.165) is 17.2 Å². The molecule has 0 fully saturated rings. The van der Waals surface area contributed by atoms with Gasteiger partial charge in [0.1, 0.15) is 5.01 Å². The van der Waals surface area contributed by atoms with E-state index in [2.05, 4.69) is 10.3 Å². The van der Waals surface area contributed by atoms with Crippen molar-refractivity contribution in [2.24, 2.45) is 0 Å². The fourth-order valence-electron chi connectivity index (χ4n) is 1.15.